The Balaban J connectivity index is 2.18. The van der Waals surface area contributed by atoms with E-state index in [1.807, 2.05) is 0 Å². The lowest BCUT2D eigenvalue weighted by molar-refractivity contribution is -0.116. The van der Waals surface area contributed by atoms with Crippen LogP contribution in [0.5, 0.6) is 0 Å². The molecular formula is C17H23ClN2O3S. The van der Waals surface area contributed by atoms with Gasteiger partial charge in [0.05, 0.1) is 5.02 Å². The molecule has 5 nitrogen and oxygen atoms in total. The number of carbonyl (C=O) groups is 1. The molecule has 0 saturated heterocycles. The minimum absolute atomic E-state index is 0.0198. The first-order valence-corrected chi connectivity index (χ1v) is 9.96. The minimum Gasteiger partial charge on any atom is -0.326 e. The largest absolute Gasteiger partial charge is 0.326 e. The Kier molecular flexibility index (Phi) is 6.43. The molecule has 24 heavy (non-hydrogen) atoms. The van der Waals surface area contributed by atoms with E-state index in [9.17, 15) is 13.2 Å². The van der Waals surface area contributed by atoms with E-state index in [1.165, 1.54) is 16.4 Å². The van der Waals surface area contributed by atoms with Gasteiger partial charge >= 0.3 is 0 Å². The number of benzene rings is 1. The molecule has 0 bridgehead atoms. The number of anilines is 1. The molecule has 1 aliphatic carbocycles. The van der Waals surface area contributed by atoms with Gasteiger partial charge in [-0.2, -0.15) is 4.31 Å². The molecule has 0 radical (unpaired) electrons. The van der Waals surface area contributed by atoms with Crippen molar-refractivity contribution < 1.29 is 13.2 Å². The Labute approximate surface area is 148 Å². The van der Waals surface area contributed by atoms with Crippen molar-refractivity contribution in [2.75, 3.05) is 18.4 Å². The molecule has 2 rings (SSSR count). The average Bonchev–Trinajstić information content (AvgIpc) is 3.02. The Hall–Kier alpha value is -1.37. The molecular weight excluding hydrogens is 348 g/mol. The first-order chi connectivity index (χ1) is 11.4. The fraction of sp³-hybridized carbons (Fsp3) is 0.471. The van der Waals surface area contributed by atoms with Gasteiger partial charge in [0.2, 0.25) is 15.9 Å². The molecule has 0 spiro atoms. The maximum atomic E-state index is 12.7. The topological polar surface area (TPSA) is 66.5 Å². The van der Waals surface area contributed by atoms with Crippen LogP contribution in [0.4, 0.5) is 5.69 Å². The van der Waals surface area contributed by atoms with Crippen molar-refractivity contribution in [2.24, 2.45) is 5.92 Å². The summed E-state index contributed by atoms with van der Waals surface area (Å²) in [5, 5.41) is 2.92. The lowest BCUT2D eigenvalue weighted by atomic mass is 10.1. The van der Waals surface area contributed by atoms with Crippen molar-refractivity contribution in [3.05, 3.63) is 35.4 Å². The standard InChI is InChI=1S/C17H23ClN2O3S/c1-3-20(4-2)24(22,23)16-12-14(9-10-15(16)18)19-17(21)11-13-7-5-6-8-13/h5,7,9-10,12-13H,3-4,6,8,11H2,1-2H3,(H,19,21)/t13-/m1/s1. The van der Waals surface area contributed by atoms with Crippen LogP contribution in [-0.4, -0.2) is 31.7 Å². The molecule has 1 aliphatic rings. The molecule has 0 saturated carbocycles. The normalized spacial score (nSPS) is 17.4. The van der Waals surface area contributed by atoms with Gasteiger partial charge in [-0.3, -0.25) is 4.79 Å². The highest BCUT2D eigenvalue weighted by Gasteiger charge is 2.25. The van der Waals surface area contributed by atoms with Crippen molar-refractivity contribution in [3.63, 3.8) is 0 Å². The molecule has 0 heterocycles. The molecule has 1 N–H and O–H groups in total. The van der Waals surface area contributed by atoms with Gasteiger partial charge in [-0.05, 0) is 37.0 Å². The maximum absolute atomic E-state index is 12.7. The molecule has 1 aromatic rings. The zero-order valence-electron chi connectivity index (χ0n) is 14.0. The van der Waals surface area contributed by atoms with Crippen LogP contribution in [0.25, 0.3) is 0 Å². The summed E-state index contributed by atoms with van der Waals surface area (Å²) < 4.78 is 26.6. The molecule has 7 heteroatoms. The number of halogens is 1. The second kappa shape index (κ2) is 8.14. The van der Waals surface area contributed by atoms with Gasteiger partial charge in [0.15, 0.2) is 0 Å². The molecule has 0 fully saturated rings. The van der Waals surface area contributed by atoms with Crippen LogP contribution in [0.2, 0.25) is 5.02 Å². The lowest BCUT2D eigenvalue weighted by Gasteiger charge is -2.20. The van der Waals surface area contributed by atoms with Crippen LogP contribution < -0.4 is 5.32 Å². The van der Waals surface area contributed by atoms with E-state index >= 15 is 0 Å². The van der Waals surface area contributed by atoms with E-state index in [1.54, 1.807) is 19.9 Å². The Bertz CT molecular complexity index is 727. The number of rotatable bonds is 7. The molecule has 1 aromatic carbocycles. The SMILES string of the molecule is CCN(CC)S(=O)(=O)c1cc(NC(=O)C[C@@H]2C=CCC2)ccc1Cl. The monoisotopic (exact) mass is 370 g/mol. The lowest BCUT2D eigenvalue weighted by Crippen LogP contribution is -2.30. The number of nitrogens with zero attached hydrogens (tertiary/aromatic N) is 1. The summed E-state index contributed by atoms with van der Waals surface area (Å²) in [5.41, 5.74) is 0.442. The number of amides is 1. The molecule has 0 unspecified atom stereocenters. The van der Waals surface area contributed by atoms with Crippen molar-refractivity contribution in [3.8, 4) is 0 Å². The molecule has 132 valence electrons. The third-order valence-electron chi connectivity index (χ3n) is 4.10. The maximum Gasteiger partial charge on any atom is 0.244 e. The predicted octanol–water partition coefficient (Wildman–Crippen LogP) is 3.67. The molecule has 1 atom stereocenters. The first-order valence-electron chi connectivity index (χ1n) is 8.14. The van der Waals surface area contributed by atoms with Crippen LogP contribution >= 0.6 is 11.6 Å². The summed E-state index contributed by atoms with van der Waals surface area (Å²) in [6.45, 7) is 4.27. The van der Waals surface area contributed by atoms with E-state index in [0.717, 1.165) is 12.8 Å². The first kappa shape index (κ1) is 19.0. The van der Waals surface area contributed by atoms with Crippen molar-refractivity contribution in [2.45, 2.75) is 38.0 Å². The highest BCUT2D eigenvalue weighted by Crippen LogP contribution is 2.28. The predicted molar refractivity (Wildman–Crippen MR) is 96.7 cm³/mol. The molecule has 0 aliphatic heterocycles. The Morgan fingerprint density at radius 1 is 1.33 bits per heavy atom. The highest BCUT2D eigenvalue weighted by molar-refractivity contribution is 7.89. The van der Waals surface area contributed by atoms with Crippen molar-refractivity contribution in [1.29, 1.82) is 0 Å². The van der Waals surface area contributed by atoms with Crippen LogP contribution in [0.3, 0.4) is 0 Å². The summed E-state index contributed by atoms with van der Waals surface area (Å²) in [5.74, 6) is 0.135. The van der Waals surface area contributed by atoms with E-state index in [4.69, 9.17) is 11.6 Å². The van der Waals surface area contributed by atoms with Crippen molar-refractivity contribution in [1.82, 2.24) is 4.31 Å². The second-order valence-corrected chi connectivity index (χ2v) is 8.07. The van der Waals surface area contributed by atoms with E-state index in [0.29, 0.717) is 25.2 Å². The van der Waals surface area contributed by atoms with E-state index < -0.39 is 10.0 Å². The van der Waals surface area contributed by atoms with Crippen LogP contribution in [-0.2, 0) is 14.8 Å². The van der Waals surface area contributed by atoms with Crippen LogP contribution in [0.1, 0.15) is 33.1 Å². The minimum atomic E-state index is -3.67. The number of hydrogen-bond donors (Lipinski definition) is 1. The highest BCUT2D eigenvalue weighted by atomic mass is 35.5. The number of hydrogen-bond acceptors (Lipinski definition) is 3. The quantitative estimate of drug-likeness (QED) is 0.745. The van der Waals surface area contributed by atoms with Gasteiger partial charge in [-0.1, -0.05) is 37.6 Å². The second-order valence-electron chi connectivity index (χ2n) is 5.75. The summed E-state index contributed by atoms with van der Waals surface area (Å²) in [4.78, 5) is 12.1. The number of sulfonamides is 1. The van der Waals surface area contributed by atoms with Gasteiger partial charge < -0.3 is 5.32 Å². The zero-order chi connectivity index (χ0) is 17.7. The van der Waals surface area contributed by atoms with E-state index in [-0.39, 0.29) is 21.7 Å². The third kappa shape index (κ3) is 4.37. The van der Waals surface area contributed by atoms with Gasteiger partial charge in [-0.15, -0.1) is 0 Å². The summed E-state index contributed by atoms with van der Waals surface area (Å²) in [6.07, 6.45) is 6.52. The smallest absolute Gasteiger partial charge is 0.244 e. The Morgan fingerprint density at radius 2 is 2.04 bits per heavy atom. The van der Waals surface area contributed by atoms with Gasteiger partial charge in [0.1, 0.15) is 4.90 Å². The fourth-order valence-corrected chi connectivity index (χ4v) is 4.76. The van der Waals surface area contributed by atoms with Crippen LogP contribution in [0.15, 0.2) is 35.2 Å². The summed E-state index contributed by atoms with van der Waals surface area (Å²) in [7, 11) is -3.67. The van der Waals surface area contributed by atoms with Gasteiger partial charge in [0.25, 0.3) is 0 Å². The van der Waals surface area contributed by atoms with E-state index in [2.05, 4.69) is 17.5 Å². The molecule has 0 aromatic heterocycles. The van der Waals surface area contributed by atoms with Gasteiger partial charge in [-0.25, -0.2) is 8.42 Å². The summed E-state index contributed by atoms with van der Waals surface area (Å²) in [6, 6.07) is 4.55. The third-order valence-corrected chi connectivity index (χ3v) is 6.63. The van der Waals surface area contributed by atoms with Crippen molar-refractivity contribution >= 4 is 33.2 Å². The zero-order valence-corrected chi connectivity index (χ0v) is 15.5. The summed E-state index contributed by atoms with van der Waals surface area (Å²) >= 11 is 6.09. The van der Waals surface area contributed by atoms with Crippen LogP contribution in [0, 0.1) is 5.92 Å². The van der Waals surface area contributed by atoms with Gasteiger partial charge in [0, 0.05) is 25.2 Å². The number of allylic oxidation sites excluding steroid dienone is 2. The Morgan fingerprint density at radius 3 is 2.62 bits per heavy atom. The number of nitrogens with one attached hydrogen (secondary N) is 1. The molecule has 1 amide bonds. The fourth-order valence-electron chi connectivity index (χ4n) is 2.80. The average molecular weight is 371 g/mol. The number of carbonyl (C=O) groups excluding carboxylic acids is 1.